The van der Waals surface area contributed by atoms with Gasteiger partial charge in [0.05, 0.1) is 21.6 Å². The van der Waals surface area contributed by atoms with Crippen molar-refractivity contribution in [3.8, 4) is 0 Å². The van der Waals surface area contributed by atoms with Crippen LogP contribution in [0.2, 0.25) is 0 Å². The summed E-state index contributed by atoms with van der Waals surface area (Å²) in [5, 5.41) is 19.9. The van der Waals surface area contributed by atoms with E-state index < -0.39 is 20.9 Å². The highest BCUT2D eigenvalue weighted by atomic mass is 32.2. The normalized spacial score (nSPS) is 16.4. The van der Waals surface area contributed by atoms with Gasteiger partial charge < -0.3 is 10.0 Å². The molecule has 0 atom stereocenters. The van der Waals surface area contributed by atoms with Crippen LogP contribution < -0.4 is 4.90 Å². The number of benzene rings is 1. The van der Waals surface area contributed by atoms with E-state index in [1.54, 1.807) is 4.90 Å². The maximum absolute atomic E-state index is 11.6. The number of β-amino-alcohol motifs (C(OH)–C–C–N with tert-alkyl or cyclic N) is 1. The second-order valence-corrected chi connectivity index (χ2v) is 6.22. The van der Waals surface area contributed by atoms with Gasteiger partial charge in [0, 0.05) is 31.5 Å². The Bertz CT molecular complexity index is 592. The summed E-state index contributed by atoms with van der Waals surface area (Å²) in [7, 11) is -3.56. The molecule has 1 N–H and O–H groups in total. The molecule has 0 unspecified atom stereocenters. The van der Waals surface area contributed by atoms with Crippen LogP contribution in [-0.2, 0) is 9.84 Å². The molecule has 0 spiro atoms. The number of rotatable bonds is 3. The summed E-state index contributed by atoms with van der Waals surface area (Å²) < 4.78 is 23.3. The second-order valence-electron chi connectivity index (χ2n) is 4.24. The maximum Gasteiger partial charge on any atom is 0.270 e. The number of aliphatic hydroxyl groups is 1. The molecule has 7 nitrogen and oxygen atoms in total. The molecule has 98 valence electrons. The molecule has 0 bridgehead atoms. The number of anilines is 1. The fraction of sp³-hybridized carbons (Fsp3) is 0.400. The molecule has 1 heterocycles. The first-order valence-corrected chi connectivity index (χ1v) is 7.09. The van der Waals surface area contributed by atoms with Crippen molar-refractivity contribution in [2.45, 2.75) is 11.0 Å². The van der Waals surface area contributed by atoms with Crippen molar-refractivity contribution in [3.63, 3.8) is 0 Å². The average Bonchev–Trinajstić information content (AvgIpc) is 2.22. The molecule has 1 aromatic carbocycles. The van der Waals surface area contributed by atoms with Gasteiger partial charge in [-0.2, -0.15) is 0 Å². The van der Waals surface area contributed by atoms with E-state index >= 15 is 0 Å². The zero-order chi connectivity index (χ0) is 13.5. The third-order valence-electron chi connectivity index (χ3n) is 2.76. The molecule has 1 aromatic rings. The summed E-state index contributed by atoms with van der Waals surface area (Å²) in [6, 6.07) is 3.71. The largest absolute Gasteiger partial charge is 0.389 e. The molecule has 0 radical (unpaired) electrons. The molecule has 8 heteroatoms. The van der Waals surface area contributed by atoms with Crippen LogP contribution in [0.3, 0.4) is 0 Å². The molecular formula is C10H12N2O5S. The summed E-state index contributed by atoms with van der Waals surface area (Å²) in [5.41, 5.74) is 0.133. The number of sulfone groups is 1. The molecular weight excluding hydrogens is 260 g/mol. The first-order valence-electron chi connectivity index (χ1n) is 5.20. The molecule has 18 heavy (non-hydrogen) atoms. The fourth-order valence-electron chi connectivity index (χ4n) is 1.83. The summed E-state index contributed by atoms with van der Waals surface area (Å²) in [6.07, 6.45) is 0.527. The van der Waals surface area contributed by atoms with Crippen LogP contribution in [0.4, 0.5) is 11.4 Å². The van der Waals surface area contributed by atoms with E-state index in [2.05, 4.69) is 0 Å². The fourth-order valence-corrected chi connectivity index (χ4v) is 2.74. The molecule has 1 fully saturated rings. The lowest BCUT2D eigenvalue weighted by atomic mass is 10.1. The average molecular weight is 272 g/mol. The highest BCUT2D eigenvalue weighted by Crippen LogP contribution is 2.31. The van der Waals surface area contributed by atoms with Crippen LogP contribution in [0.5, 0.6) is 0 Å². The Morgan fingerprint density at radius 1 is 1.44 bits per heavy atom. The van der Waals surface area contributed by atoms with Gasteiger partial charge in [-0.25, -0.2) is 8.42 Å². The third-order valence-corrected chi connectivity index (χ3v) is 3.88. The zero-order valence-corrected chi connectivity index (χ0v) is 10.4. The standard InChI is InChI=1S/C10H12N2O5S/c1-18(16,17)10-4-7(12(14)15)2-3-9(10)11-5-8(13)6-11/h2-4,8,13H,5-6H2,1H3. The highest BCUT2D eigenvalue weighted by Gasteiger charge is 2.29. The van der Waals surface area contributed by atoms with Crippen LogP contribution in [0.25, 0.3) is 0 Å². The summed E-state index contributed by atoms with van der Waals surface area (Å²) in [4.78, 5) is 11.6. The maximum atomic E-state index is 11.6. The van der Waals surface area contributed by atoms with Crippen LogP contribution in [0, 0.1) is 10.1 Å². The second kappa shape index (κ2) is 4.21. The topological polar surface area (TPSA) is 101 Å². The molecule has 0 saturated carbocycles. The van der Waals surface area contributed by atoms with Crippen molar-refractivity contribution in [2.24, 2.45) is 0 Å². The monoisotopic (exact) mass is 272 g/mol. The van der Waals surface area contributed by atoms with Crippen LogP contribution in [0.15, 0.2) is 23.1 Å². The van der Waals surface area contributed by atoms with Crippen LogP contribution >= 0.6 is 0 Å². The van der Waals surface area contributed by atoms with Crippen molar-refractivity contribution in [1.29, 1.82) is 0 Å². The van der Waals surface area contributed by atoms with Crippen molar-refractivity contribution in [1.82, 2.24) is 0 Å². The summed E-state index contributed by atoms with van der Waals surface area (Å²) in [5.74, 6) is 0. The number of hydrogen-bond donors (Lipinski definition) is 1. The Morgan fingerprint density at radius 3 is 2.50 bits per heavy atom. The van der Waals surface area contributed by atoms with Crippen LogP contribution in [0.1, 0.15) is 0 Å². The first-order chi connectivity index (χ1) is 8.29. The first kappa shape index (κ1) is 12.8. The lowest BCUT2D eigenvalue weighted by molar-refractivity contribution is -0.385. The van der Waals surface area contributed by atoms with E-state index in [1.807, 2.05) is 0 Å². The zero-order valence-electron chi connectivity index (χ0n) is 9.61. The predicted molar refractivity (Wildman–Crippen MR) is 64.4 cm³/mol. The van der Waals surface area contributed by atoms with Gasteiger partial charge >= 0.3 is 0 Å². The van der Waals surface area contributed by atoms with E-state index in [0.717, 1.165) is 12.3 Å². The summed E-state index contributed by atoms with van der Waals surface area (Å²) in [6.45, 7) is 0.667. The van der Waals surface area contributed by atoms with Gasteiger partial charge in [0.25, 0.3) is 5.69 Å². The Kier molecular flexibility index (Phi) is 2.99. The van der Waals surface area contributed by atoms with Crippen molar-refractivity contribution < 1.29 is 18.4 Å². The third kappa shape index (κ3) is 2.29. The minimum Gasteiger partial charge on any atom is -0.389 e. The van der Waals surface area contributed by atoms with Gasteiger partial charge in [-0.1, -0.05) is 0 Å². The quantitative estimate of drug-likeness (QED) is 0.622. The highest BCUT2D eigenvalue weighted by molar-refractivity contribution is 7.90. The number of hydrogen-bond acceptors (Lipinski definition) is 6. The van der Waals surface area contributed by atoms with E-state index in [0.29, 0.717) is 18.8 Å². The lowest BCUT2D eigenvalue weighted by Crippen LogP contribution is -2.51. The van der Waals surface area contributed by atoms with Gasteiger partial charge in [-0.05, 0) is 6.07 Å². The van der Waals surface area contributed by atoms with Crippen molar-refractivity contribution in [3.05, 3.63) is 28.3 Å². The SMILES string of the molecule is CS(=O)(=O)c1cc([N+](=O)[O-])ccc1N1CC(O)C1. The Labute approximate surface area is 104 Å². The van der Waals surface area contributed by atoms with Crippen molar-refractivity contribution in [2.75, 3.05) is 24.2 Å². The molecule has 2 rings (SSSR count). The van der Waals surface area contributed by atoms with Gasteiger partial charge in [0.1, 0.15) is 0 Å². The van der Waals surface area contributed by atoms with Crippen LogP contribution in [-0.4, -0.2) is 43.9 Å². The number of nitro groups is 1. The molecule has 0 amide bonds. The Hall–Kier alpha value is -1.67. The molecule has 1 aliphatic heterocycles. The van der Waals surface area contributed by atoms with Crippen molar-refractivity contribution >= 4 is 21.2 Å². The lowest BCUT2D eigenvalue weighted by Gasteiger charge is -2.38. The smallest absolute Gasteiger partial charge is 0.270 e. The van der Waals surface area contributed by atoms with E-state index in [4.69, 9.17) is 0 Å². The molecule has 0 aromatic heterocycles. The Morgan fingerprint density at radius 2 is 2.06 bits per heavy atom. The van der Waals surface area contributed by atoms with E-state index in [9.17, 15) is 23.6 Å². The van der Waals surface area contributed by atoms with E-state index in [-0.39, 0.29) is 10.6 Å². The van der Waals surface area contributed by atoms with E-state index in [1.165, 1.54) is 12.1 Å². The summed E-state index contributed by atoms with van der Waals surface area (Å²) >= 11 is 0. The number of nitro benzene ring substituents is 1. The van der Waals surface area contributed by atoms with Gasteiger partial charge in [-0.15, -0.1) is 0 Å². The number of non-ortho nitro benzene ring substituents is 1. The Balaban J connectivity index is 2.50. The van der Waals surface area contributed by atoms with Gasteiger partial charge in [-0.3, -0.25) is 10.1 Å². The molecule has 1 aliphatic rings. The number of aliphatic hydroxyl groups excluding tert-OH is 1. The van der Waals surface area contributed by atoms with Gasteiger partial charge in [0.2, 0.25) is 0 Å². The minimum atomic E-state index is -3.56. The predicted octanol–water partition coefficient (Wildman–Crippen LogP) is 0.179. The molecule has 0 aliphatic carbocycles. The van der Waals surface area contributed by atoms with Gasteiger partial charge in [0.15, 0.2) is 9.84 Å². The minimum absolute atomic E-state index is 0.0800. The molecule has 1 saturated heterocycles. The number of nitrogens with zero attached hydrogens (tertiary/aromatic N) is 2.